The highest BCUT2D eigenvalue weighted by Crippen LogP contribution is 2.47. The molecular weight excluding hydrogens is 264 g/mol. The molecule has 0 aliphatic heterocycles. The van der Waals surface area contributed by atoms with E-state index < -0.39 is 8.32 Å². The minimum atomic E-state index is -1.83. The zero-order valence-electron chi connectivity index (χ0n) is 14.8. The first-order valence-corrected chi connectivity index (χ1v) is 10.7. The van der Waals surface area contributed by atoms with Crippen LogP contribution in [0.4, 0.5) is 0 Å². The van der Waals surface area contributed by atoms with Crippen LogP contribution in [0.3, 0.4) is 0 Å². The van der Waals surface area contributed by atoms with Crippen molar-refractivity contribution in [2.75, 3.05) is 0 Å². The average Bonchev–Trinajstić information content (AvgIpc) is 2.58. The quantitative estimate of drug-likeness (QED) is 0.701. The second-order valence-electron chi connectivity index (χ2n) is 7.75. The van der Waals surface area contributed by atoms with Crippen molar-refractivity contribution < 1.29 is 9.53 Å². The molecule has 0 aromatic carbocycles. The molecule has 2 nitrogen and oxygen atoms in total. The minimum Gasteiger partial charge on any atom is -0.412 e. The lowest BCUT2D eigenvalue weighted by molar-refractivity contribution is 0.0580. The average molecular weight is 301 g/mol. The summed E-state index contributed by atoms with van der Waals surface area (Å²) in [5.74, 6) is 0.811. The van der Waals surface area contributed by atoms with Gasteiger partial charge in [-0.25, -0.2) is 0 Å². The van der Waals surface area contributed by atoms with Crippen LogP contribution >= 0.6 is 0 Å². The van der Waals surface area contributed by atoms with Gasteiger partial charge in [0.25, 0.3) is 0 Å². The third kappa shape index (κ3) is 3.15. The normalized spacial score (nSPS) is 31.8. The molecule has 1 saturated carbocycles. The SMILES string of the molecule is CCC1[C@H](O)C[C@@H](C)[C@@H]1O[Si](C(C)C)(C(C)C)C(C)C. The fourth-order valence-electron chi connectivity index (χ4n) is 4.68. The lowest BCUT2D eigenvalue weighted by Gasteiger charge is -2.46. The molecule has 20 heavy (non-hydrogen) atoms. The van der Waals surface area contributed by atoms with Crippen LogP contribution in [-0.4, -0.2) is 25.6 Å². The van der Waals surface area contributed by atoms with E-state index in [4.69, 9.17) is 4.43 Å². The topological polar surface area (TPSA) is 29.5 Å². The van der Waals surface area contributed by atoms with E-state index >= 15 is 0 Å². The number of hydrogen-bond donors (Lipinski definition) is 1. The highest BCUT2D eigenvalue weighted by atomic mass is 28.4. The summed E-state index contributed by atoms with van der Waals surface area (Å²) in [6.45, 7) is 18.5. The second-order valence-corrected chi connectivity index (χ2v) is 13.2. The van der Waals surface area contributed by atoms with Crippen molar-refractivity contribution in [1.29, 1.82) is 0 Å². The van der Waals surface area contributed by atoms with E-state index in [1.807, 2.05) is 0 Å². The van der Waals surface area contributed by atoms with Crippen molar-refractivity contribution in [3.63, 3.8) is 0 Å². The summed E-state index contributed by atoms with van der Waals surface area (Å²) in [5, 5.41) is 10.3. The smallest absolute Gasteiger partial charge is 0.200 e. The Labute approximate surface area is 127 Å². The molecule has 0 bridgehead atoms. The summed E-state index contributed by atoms with van der Waals surface area (Å²) in [6.07, 6.45) is 2.02. The van der Waals surface area contributed by atoms with Crippen LogP contribution in [0.25, 0.3) is 0 Å². The van der Waals surface area contributed by atoms with E-state index in [1.165, 1.54) is 0 Å². The molecule has 1 unspecified atom stereocenters. The lowest BCUT2D eigenvalue weighted by atomic mass is 9.99. The number of rotatable bonds is 6. The van der Waals surface area contributed by atoms with E-state index in [9.17, 15) is 5.11 Å². The first-order chi connectivity index (χ1) is 9.18. The summed E-state index contributed by atoms with van der Waals surface area (Å²) in [4.78, 5) is 0. The van der Waals surface area contributed by atoms with Crippen LogP contribution in [0.5, 0.6) is 0 Å². The molecule has 0 amide bonds. The van der Waals surface area contributed by atoms with Gasteiger partial charge in [0.1, 0.15) is 0 Å². The van der Waals surface area contributed by atoms with E-state index in [1.54, 1.807) is 0 Å². The van der Waals surface area contributed by atoms with Gasteiger partial charge in [-0.1, -0.05) is 55.4 Å². The molecule has 120 valence electrons. The predicted octanol–water partition coefficient (Wildman–Crippen LogP) is 4.97. The van der Waals surface area contributed by atoms with Gasteiger partial charge in [-0.2, -0.15) is 0 Å². The van der Waals surface area contributed by atoms with Crippen LogP contribution in [0.1, 0.15) is 68.2 Å². The number of hydrogen-bond acceptors (Lipinski definition) is 2. The third-order valence-corrected chi connectivity index (χ3v) is 11.7. The van der Waals surface area contributed by atoms with E-state index in [2.05, 4.69) is 55.4 Å². The Morgan fingerprint density at radius 1 is 1.05 bits per heavy atom. The monoisotopic (exact) mass is 300 g/mol. The predicted molar refractivity (Wildman–Crippen MR) is 89.5 cm³/mol. The maximum absolute atomic E-state index is 10.3. The number of aliphatic hydroxyl groups is 1. The van der Waals surface area contributed by atoms with Crippen molar-refractivity contribution in [2.24, 2.45) is 11.8 Å². The Morgan fingerprint density at radius 2 is 1.50 bits per heavy atom. The van der Waals surface area contributed by atoms with Gasteiger partial charge >= 0.3 is 0 Å². The van der Waals surface area contributed by atoms with Gasteiger partial charge in [0.15, 0.2) is 0 Å². The molecule has 1 N–H and O–H groups in total. The zero-order valence-corrected chi connectivity index (χ0v) is 15.8. The van der Waals surface area contributed by atoms with Crippen LogP contribution in [0, 0.1) is 11.8 Å². The van der Waals surface area contributed by atoms with Crippen LogP contribution in [-0.2, 0) is 4.43 Å². The largest absolute Gasteiger partial charge is 0.412 e. The first-order valence-electron chi connectivity index (χ1n) is 8.54. The van der Waals surface area contributed by atoms with Gasteiger partial charge in [-0.05, 0) is 35.4 Å². The van der Waals surface area contributed by atoms with Crippen LogP contribution in [0.15, 0.2) is 0 Å². The summed E-state index contributed by atoms with van der Waals surface area (Å²) in [7, 11) is -1.83. The van der Waals surface area contributed by atoms with Gasteiger partial charge in [0, 0.05) is 5.92 Å². The van der Waals surface area contributed by atoms with Gasteiger partial charge < -0.3 is 9.53 Å². The molecule has 0 saturated heterocycles. The molecule has 0 aromatic rings. The molecule has 4 atom stereocenters. The van der Waals surface area contributed by atoms with Gasteiger partial charge in [-0.3, -0.25) is 0 Å². The highest BCUT2D eigenvalue weighted by molar-refractivity contribution is 6.77. The fraction of sp³-hybridized carbons (Fsp3) is 1.00. The lowest BCUT2D eigenvalue weighted by Crippen LogP contribution is -2.52. The summed E-state index contributed by atoms with van der Waals surface area (Å²) < 4.78 is 6.95. The third-order valence-electron chi connectivity index (χ3n) is 5.61. The van der Waals surface area contributed by atoms with Crippen LogP contribution in [0.2, 0.25) is 16.6 Å². The summed E-state index contributed by atoms with van der Waals surface area (Å²) in [5.41, 5.74) is 1.85. The maximum atomic E-state index is 10.3. The van der Waals surface area contributed by atoms with Gasteiger partial charge in [-0.15, -0.1) is 0 Å². The zero-order chi connectivity index (χ0) is 15.7. The molecule has 1 fully saturated rings. The van der Waals surface area contributed by atoms with Crippen molar-refractivity contribution in [3.8, 4) is 0 Å². The number of aliphatic hydroxyl groups excluding tert-OH is 1. The van der Waals surface area contributed by atoms with Crippen LogP contribution < -0.4 is 0 Å². The Kier molecular flexibility index (Phi) is 6.30. The Morgan fingerprint density at radius 3 is 1.85 bits per heavy atom. The van der Waals surface area contributed by atoms with Crippen molar-refractivity contribution >= 4 is 8.32 Å². The standard InChI is InChI=1S/C17H36O2Si/c1-9-15-16(18)10-14(8)17(15)19-20(11(2)3,12(4)5)13(6)7/h11-18H,9-10H2,1-8H3/t14-,15?,16-,17+/m1/s1. The first kappa shape index (κ1) is 18.2. The van der Waals surface area contributed by atoms with Crippen molar-refractivity contribution in [2.45, 2.75) is 97.1 Å². The molecule has 1 aliphatic carbocycles. The Bertz CT molecular complexity index is 280. The molecule has 3 heteroatoms. The molecule has 0 aromatic heterocycles. The fourth-order valence-corrected chi connectivity index (χ4v) is 10.4. The molecule has 0 spiro atoms. The van der Waals surface area contributed by atoms with Crippen molar-refractivity contribution in [1.82, 2.24) is 0 Å². The maximum Gasteiger partial charge on any atom is 0.200 e. The van der Waals surface area contributed by atoms with E-state index in [0.29, 0.717) is 28.5 Å². The minimum absolute atomic E-state index is 0.168. The van der Waals surface area contributed by atoms with Gasteiger partial charge in [0.2, 0.25) is 8.32 Å². The van der Waals surface area contributed by atoms with Gasteiger partial charge in [0.05, 0.1) is 12.2 Å². The Balaban J connectivity index is 3.06. The van der Waals surface area contributed by atoms with E-state index in [-0.39, 0.29) is 12.2 Å². The molecule has 0 heterocycles. The second kappa shape index (κ2) is 6.93. The highest BCUT2D eigenvalue weighted by Gasteiger charge is 2.50. The Hall–Kier alpha value is 0.137. The molecule has 1 rings (SSSR count). The molecule has 0 radical (unpaired) electrons. The summed E-state index contributed by atoms with van der Waals surface area (Å²) >= 11 is 0. The molecule has 1 aliphatic rings. The summed E-state index contributed by atoms with van der Waals surface area (Å²) in [6, 6.07) is 0. The van der Waals surface area contributed by atoms with Crippen molar-refractivity contribution in [3.05, 3.63) is 0 Å². The van der Waals surface area contributed by atoms with E-state index in [0.717, 1.165) is 12.8 Å². The molecular formula is C17H36O2Si.